The molecule has 0 amide bonds. The second kappa shape index (κ2) is 5.69. The lowest BCUT2D eigenvalue weighted by Crippen LogP contribution is -2.14. The van der Waals surface area contributed by atoms with Gasteiger partial charge >= 0.3 is 6.18 Å². The van der Waals surface area contributed by atoms with E-state index in [4.69, 9.17) is 10.5 Å². The normalized spacial score (nSPS) is 11.4. The molecule has 0 heterocycles. The van der Waals surface area contributed by atoms with E-state index in [1.165, 1.54) is 13.2 Å². The van der Waals surface area contributed by atoms with Crippen molar-refractivity contribution >= 4 is 27.3 Å². The van der Waals surface area contributed by atoms with Crippen LogP contribution < -0.4 is 15.8 Å². The molecular formula is C11H14BrF3N2O. The Hall–Kier alpha value is -1.11. The van der Waals surface area contributed by atoms with Gasteiger partial charge in [0.2, 0.25) is 0 Å². The molecule has 1 aromatic rings. The molecule has 0 spiro atoms. The third kappa shape index (κ3) is 3.01. The summed E-state index contributed by atoms with van der Waals surface area (Å²) in [4.78, 5) is 0. The Balaban J connectivity index is 3.39. The Labute approximate surface area is 112 Å². The Morgan fingerprint density at radius 3 is 2.50 bits per heavy atom. The Morgan fingerprint density at radius 2 is 2.06 bits per heavy atom. The molecule has 0 aliphatic rings. The summed E-state index contributed by atoms with van der Waals surface area (Å²) in [6, 6.07) is 1.26. The monoisotopic (exact) mass is 326 g/mol. The van der Waals surface area contributed by atoms with Crippen LogP contribution in [-0.2, 0) is 6.18 Å². The number of halogens is 4. The van der Waals surface area contributed by atoms with Crippen LogP contribution in [0.1, 0.15) is 18.9 Å². The predicted molar refractivity (Wildman–Crippen MR) is 68.9 cm³/mol. The van der Waals surface area contributed by atoms with Crippen molar-refractivity contribution in [1.29, 1.82) is 0 Å². The van der Waals surface area contributed by atoms with Crippen molar-refractivity contribution in [3.63, 3.8) is 0 Å². The van der Waals surface area contributed by atoms with Crippen LogP contribution in [0.25, 0.3) is 0 Å². The zero-order valence-electron chi connectivity index (χ0n) is 9.99. The molecule has 3 N–H and O–H groups in total. The Bertz CT molecular complexity index is 435. The van der Waals surface area contributed by atoms with Crippen LogP contribution >= 0.6 is 15.9 Å². The highest BCUT2D eigenvalue weighted by molar-refractivity contribution is 9.10. The quantitative estimate of drug-likeness (QED) is 0.825. The minimum absolute atomic E-state index is 0.133. The van der Waals surface area contributed by atoms with E-state index in [2.05, 4.69) is 21.2 Å². The number of ether oxygens (including phenoxy) is 1. The summed E-state index contributed by atoms with van der Waals surface area (Å²) >= 11 is 2.87. The van der Waals surface area contributed by atoms with E-state index < -0.39 is 11.7 Å². The summed E-state index contributed by atoms with van der Waals surface area (Å²) in [5.41, 5.74) is 4.52. The maximum absolute atomic E-state index is 12.9. The van der Waals surface area contributed by atoms with Crippen molar-refractivity contribution < 1.29 is 17.9 Å². The molecule has 0 aromatic heterocycles. The van der Waals surface area contributed by atoms with Crippen LogP contribution in [0.3, 0.4) is 0 Å². The van der Waals surface area contributed by atoms with Gasteiger partial charge in [-0.3, -0.25) is 0 Å². The van der Waals surface area contributed by atoms with Gasteiger partial charge in [0, 0.05) is 11.0 Å². The predicted octanol–water partition coefficient (Wildman–Crippen LogP) is 3.88. The van der Waals surface area contributed by atoms with Crippen LogP contribution in [0.15, 0.2) is 10.5 Å². The van der Waals surface area contributed by atoms with Gasteiger partial charge in [0.05, 0.1) is 18.4 Å². The summed E-state index contributed by atoms with van der Waals surface area (Å²) in [6.07, 6.45) is -3.75. The van der Waals surface area contributed by atoms with E-state index in [1.807, 2.05) is 6.92 Å². The third-order valence-electron chi connectivity index (χ3n) is 2.34. The van der Waals surface area contributed by atoms with Gasteiger partial charge in [0.15, 0.2) is 0 Å². The van der Waals surface area contributed by atoms with Gasteiger partial charge in [-0.25, -0.2) is 0 Å². The summed E-state index contributed by atoms with van der Waals surface area (Å²) in [6.45, 7) is 2.42. The lowest BCUT2D eigenvalue weighted by molar-refractivity contribution is -0.137. The van der Waals surface area contributed by atoms with Gasteiger partial charge in [-0.15, -0.1) is 0 Å². The smallest absolute Gasteiger partial charge is 0.419 e. The molecule has 0 aliphatic heterocycles. The zero-order valence-corrected chi connectivity index (χ0v) is 11.6. The number of benzene rings is 1. The topological polar surface area (TPSA) is 47.3 Å². The van der Waals surface area contributed by atoms with Crippen molar-refractivity contribution in [2.45, 2.75) is 19.5 Å². The average molecular weight is 327 g/mol. The maximum Gasteiger partial charge on any atom is 0.419 e. The zero-order chi connectivity index (χ0) is 13.9. The number of hydrogen-bond acceptors (Lipinski definition) is 3. The van der Waals surface area contributed by atoms with Gasteiger partial charge in [-0.1, -0.05) is 6.92 Å². The second-order valence-corrected chi connectivity index (χ2v) is 4.50. The highest BCUT2D eigenvalue weighted by Crippen LogP contribution is 2.46. The Morgan fingerprint density at radius 1 is 1.44 bits per heavy atom. The van der Waals surface area contributed by atoms with E-state index in [-0.39, 0.29) is 21.6 Å². The highest BCUT2D eigenvalue weighted by atomic mass is 79.9. The third-order valence-corrected chi connectivity index (χ3v) is 2.96. The van der Waals surface area contributed by atoms with Crippen LogP contribution in [-0.4, -0.2) is 13.7 Å². The number of methoxy groups -OCH3 is 1. The standard InChI is InChI=1S/C11H14BrF3N2O/c1-3-4-17-10-7(18-2)5-6(12)8(9(10)16)11(13,14)15/h5,17H,3-4,16H2,1-2H3. The highest BCUT2D eigenvalue weighted by Gasteiger charge is 2.37. The molecule has 0 unspecified atom stereocenters. The summed E-state index contributed by atoms with van der Waals surface area (Å²) in [5, 5.41) is 2.85. The van der Waals surface area contributed by atoms with E-state index in [0.717, 1.165) is 6.42 Å². The fourth-order valence-corrected chi connectivity index (χ4v) is 2.17. The van der Waals surface area contributed by atoms with E-state index >= 15 is 0 Å². The van der Waals surface area contributed by atoms with Crippen molar-refractivity contribution in [1.82, 2.24) is 0 Å². The van der Waals surface area contributed by atoms with E-state index in [9.17, 15) is 13.2 Å². The fourth-order valence-electron chi connectivity index (χ4n) is 1.53. The second-order valence-electron chi connectivity index (χ2n) is 3.65. The van der Waals surface area contributed by atoms with Crippen molar-refractivity contribution in [3.05, 3.63) is 16.1 Å². The molecule has 1 rings (SSSR count). The first-order valence-electron chi connectivity index (χ1n) is 5.29. The first-order valence-corrected chi connectivity index (χ1v) is 6.09. The van der Waals surface area contributed by atoms with E-state index in [0.29, 0.717) is 6.54 Å². The fraction of sp³-hybridized carbons (Fsp3) is 0.455. The molecular weight excluding hydrogens is 313 g/mol. The molecule has 1 aromatic carbocycles. The SMILES string of the molecule is CCCNc1c(OC)cc(Br)c(C(F)(F)F)c1N. The van der Waals surface area contributed by atoms with Crippen LogP contribution in [0.4, 0.5) is 24.5 Å². The first-order chi connectivity index (χ1) is 8.32. The lowest BCUT2D eigenvalue weighted by atomic mass is 10.1. The molecule has 0 radical (unpaired) electrons. The average Bonchev–Trinajstić information content (AvgIpc) is 2.25. The van der Waals surface area contributed by atoms with Gasteiger partial charge < -0.3 is 15.8 Å². The Kier molecular flexibility index (Phi) is 4.72. The van der Waals surface area contributed by atoms with Gasteiger partial charge in [-0.05, 0) is 28.4 Å². The molecule has 3 nitrogen and oxygen atoms in total. The molecule has 0 saturated heterocycles. The van der Waals surface area contributed by atoms with E-state index in [1.54, 1.807) is 0 Å². The number of alkyl halides is 3. The number of nitrogens with one attached hydrogen (secondary N) is 1. The molecule has 0 bridgehead atoms. The maximum atomic E-state index is 12.9. The van der Waals surface area contributed by atoms with Crippen LogP contribution in [0.5, 0.6) is 5.75 Å². The van der Waals surface area contributed by atoms with Gasteiger partial charge in [0.1, 0.15) is 11.4 Å². The molecule has 0 atom stereocenters. The summed E-state index contributed by atoms with van der Waals surface area (Å²) in [7, 11) is 1.38. The lowest BCUT2D eigenvalue weighted by Gasteiger charge is -2.19. The minimum Gasteiger partial charge on any atom is -0.494 e. The van der Waals surface area contributed by atoms with Crippen molar-refractivity contribution in [2.75, 3.05) is 24.7 Å². The number of anilines is 2. The van der Waals surface area contributed by atoms with Gasteiger partial charge in [-0.2, -0.15) is 13.2 Å². The number of nitrogens with two attached hydrogens (primary N) is 1. The van der Waals surface area contributed by atoms with Crippen molar-refractivity contribution in [2.24, 2.45) is 0 Å². The number of nitrogen functional groups attached to an aromatic ring is 1. The van der Waals surface area contributed by atoms with Crippen LogP contribution in [0.2, 0.25) is 0 Å². The summed E-state index contributed by atoms with van der Waals surface area (Å²) < 4.78 is 43.5. The summed E-state index contributed by atoms with van der Waals surface area (Å²) in [5.74, 6) is 0.279. The molecule has 0 aliphatic carbocycles. The van der Waals surface area contributed by atoms with Crippen LogP contribution in [0, 0.1) is 0 Å². The molecule has 102 valence electrons. The number of hydrogen-bond donors (Lipinski definition) is 2. The molecule has 0 fully saturated rings. The largest absolute Gasteiger partial charge is 0.494 e. The van der Waals surface area contributed by atoms with Gasteiger partial charge in [0.25, 0.3) is 0 Å². The molecule has 18 heavy (non-hydrogen) atoms. The molecule has 7 heteroatoms. The minimum atomic E-state index is -4.52. The first kappa shape index (κ1) is 14.9. The van der Waals surface area contributed by atoms with Crippen molar-refractivity contribution in [3.8, 4) is 5.75 Å². The molecule has 0 saturated carbocycles. The number of rotatable bonds is 4.